The molecule has 0 aromatic heterocycles. The maximum Gasteiger partial charge on any atom is 0.306 e. The zero-order chi connectivity index (χ0) is 43.7. The number of rotatable bonds is 37. The van der Waals surface area contributed by atoms with Gasteiger partial charge in [0.05, 0.1) is 33.9 Å². The number of ether oxygens (including phenoxy) is 2. The topological polar surface area (TPSA) is 131 Å². The van der Waals surface area contributed by atoms with Gasteiger partial charge in [0.2, 0.25) is 0 Å². The zero-order valence-electron chi connectivity index (χ0n) is 37.0. The van der Waals surface area contributed by atoms with Crippen LogP contribution in [0.25, 0.3) is 0 Å². The van der Waals surface area contributed by atoms with Crippen LogP contribution in [0.2, 0.25) is 0 Å². The molecule has 0 saturated carbocycles. The van der Waals surface area contributed by atoms with Crippen LogP contribution in [-0.2, 0) is 32.7 Å². The molecule has 11 heteroatoms. The van der Waals surface area contributed by atoms with Gasteiger partial charge in [0.25, 0.3) is 7.82 Å². The number of esters is 2. The van der Waals surface area contributed by atoms with Crippen molar-refractivity contribution in [1.82, 2.24) is 0 Å². The van der Waals surface area contributed by atoms with E-state index in [9.17, 15) is 24.2 Å². The first-order chi connectivity index (χ1) is 28.4. The Kier molecular flexibility index (Phi) is 36.6. The van der Waals surface area contributed by atoms with E-state index in [0.29, 0.717) is 43.1 Å². The average Bonchev–Trinajstić information content (AvgIpc) is 3.18. The van der Waals surface area contributed by atoms with E-state index in [-0.39, 0.29) is 26.1 Å². The van der Waals surface area contributed by atoms with E-state index in [0.717, 1.165) is 44.9 Å². The molecule has 0 aromatic carbocycles. The maximum atomic E-state index is 12.6. The largest absolute Gasteiger partial charge is 0.756 e. The van der Waals surface area contributed by atoms with Crippen molar-refractivity contribution in [1.29, 1.82) is 0 Å². The van der Waals surface area contributed by atoms with Gasteiger partial charge in [-0.1, -0.05) is 136 Å². The lowest BCUT2D eigenvalue weighted by Crippen LogP contribution is -2.37. The van der Waals surface area contributed by atoms with Gasteiger partial charge in [0, 0.05) is 12.8 Å². The highest BCUT2D eigenvalue weighted by Crippen LogP contribution is 2.38. The first kappa shape index (κ1) is 55.6. The van der Waals surface area contributed by atoms with Crippen LogP contribution in [0.15, 0.2) is 109 Å². The van der Waals surface area contributed by atoms with Gasteiger partial charge >= 0.3 is 11.9 Å². The van der Waals surface area contributed by atoms with Gasteiger partial charge in [-0.3, -0.25) is 14.2 Å². The van der Waals surface area contributed by atoms with Crippen LogP contribution in [0.3, 0.4) is 0 Å². The highest BCUT2D eigenvalue weighted by molar-refractivity contribution is 7.45. The summed E-state index contributed by atoms with van der Waals surface area (Å²) in [5.41, 5.74) is 0. The molecule has 0 aliphatic heterocycles. The van der Waals surface area contributed by atoms with Crippen LogP contribution < -0.4 is 4.89 Å². The standard InChI is InChI=1S/C48H78NO9P/c1-6-8-10-12-14-15-16-17-18-19-20-21-22-23-28-32-36-40-48(52)58-46(44-57-59(53,54)56-42-41-49(3,4)5)43-55-47(51)39-35-31-27-25-24-26-30-34-38-45(50)37-33-29-13-11-9-7-2/h8,10,14-15,17-18,20-21,23,25-30,33-34,38,45-46,50H,6-7,9,11-13,16,19,22,24,31-32,35-37,39-44H2,1-5H3/b10-8-,15-14-,18-17-,21-20-,27-25-,28-23-,30-26-,33-29-,38-34+/t45-,46-/m1/s1. The Bertz CT molecular complexity index is 1380. The highest BCUT2D eigenvalue weighted by Gasteiger charge is 2.21. The average molecular weight is 844 g/mol. The molecule has 0 aromatic rings. The Morgan fingerprint density at radius 2 is 1.17 bits per heavy atom. The number of hydrogen-bond acceptors (Lipinski definition) is 9. The second kappa shape index (κ2) is 38.8. The Hall–Kier alpha value is -3.37. The molecule has 0 spiro atoms. The van der Waals surface area contributed by atoms with Crippen molar-refractivity contribution < 1.29 is 47.2 Å². The molecule has 0 radical (unpaired) electrons. The molecule has 0 aliphatic carbocycles. The molecule has 1 unspecified atom stereocenters. The van der Waals surface area contributed by atoms with Crippen molar-refractivity contribution >= 4 is 19.8 Å². The number of quaternary nitrogens is 1. The summed E-state index contributed by atoms with van der Waals surface area (Å²) in [5, 5.41) is 10.0. The minimum Gasteiger partial charge on any atom is -0.756 e. The van der Waals surface area contributed by atoms with Crippen molar-refractivity contribution in [3.8, 4) is 0 Å². The Morgan fingerprint density at radius 3 is 1.75 bits per heavy atom. The van der Waals surface area contributed by atoms with Crippen LogP contribution >= 0.6 is 7.82 Å². The molecule has 0 bridgehead atoms. The molecular weight excluding hydrogens is 766 g/mol. The number of aliphatic hydroxyl groups is 1. The van der Waals surface area contributed by atoms with Crippen molar-refractivity contribution in [3.05, 3.63) is 109 Å². The molecule has 0 saturated heterocycles. The first-order valence-corrected chi connectivity index (χ1v) is 23.2. The van der Waals surface area contributed by atoms with E-state index in [4.69, 9.17) is 18.5 Å². The Balaban J connectivity index is 4.65. The minimum atomic E-state index is -4.67. The molecule has 0 amide bonds. The molecule has 3 atom stereocenters. The van der Waals surface area contributed by atoms with Crippen LogP contribution in [-0.4, -0.2) is 81.2 Å². The summed E-state index contributed by atoms with van der Waals surface area (Å²) in [6.07, 6.45) is 48.7. The van der Waals surface area contributed by atoms with Gasteiger partial charge in [-0.05, 0) is 83.5 Å². The maximum absolute atomic E-state index is 12.6. The van der Waals surface area contributed by atoms with Crippen molar-refractivity contribution in [2.75, 3.05) is 47.5 Å². The quantitative estimate of drug-likeness (QED) is 0.0162. The second-order valence-corrected chi connectivity index (χ2v) is 16.6. The van der Waals surface area contributed by atoms with Crippen molar-refractivity contribution in [2.45, 2.75) is 135 Å². The number of carbonyl (C=O) groups excluding carboxylic acids is 2. The van der Waals surface area contributed by atoms with E-state index in [1.165, 1.54) is 19.3 Å². The number of hydrogen-bond donors (Lipinski definition) is 1. The fraction of sp³-hybridized carbons (Fsp3) is 0.583. The summed E-state index contributed by atoms with van der Waals surface area (Å²) in [4.78, 5) is 37.5. The lowest BCUT2D eigenvalue weighted by Gasteiger charge is -2.28. The predicted octanol–water partition coefficient (Wildman–Crippen LogP) is 10.7. The lowest BCUT2D eigenvalue weighted by molar-refractivity contribution is -0.870. The van der Waals surface area contributed by atoms with Gasteiger partial charge in [0.15, 0.2) is 6.10 Å². The van der Waals surface area contributed by atoms with Crippen molar-refractivity contribution in [2.24, 2.45) is 0 Å². The van der Waals surface area contributed by atoms with Gasteiger partial charge in [-0.25, -0.2) is 0 Å². The number of phosphoric ester groups is 1. The van der Waals surface area contributed by atoms with E-state index in [1.54, 1.807) is 6.08 Å². The summed E-state index contributed by atoms with van der Waals surface area (Å²) in [7, 11) is 1.04. The molecule has 334 valence electrons. The smallest absolute Gasteiger partial charge is 0.306 e. The second-order valence-electron chi connectivity index (χ2n) is 15.2. The highest BCUT2D eigenvalue weighted by atomic mass is 31.2. The molecule has 0 rings (SSSR count). The Morgan fingerprint density at radius 1 is 0.644 bits per heavy atom. The summed E-state index contributed by atoms with van der Waals surface area (Å²) < 4.78 is 33.7. The molecule has 0 aliphatic rings. The van der Waals surface area contributed by atoms with Crippen LogP contribution in [0.4, 0.5) is 0 Å². The zero-order valence-corrected chi connectivity index (χ0v) is 37.9. The number of allylic oxidation sites excluding steroid dienone is 16. The summed E-state index contributed by atoms with van der Waals surface area (Å²) in [5.74, 6) is -1.02. The third-order valence-electron chi connectivity index (χ3n) is 8.36. The molecule has 0 fully saturated rings. The molecule has 10 nitrogen and oxygen atoms in total. The fourth-order valence-corrected chi connectivity index (χ4v) is 5.67. The molecule has 59 heavy (non-hydrogen) atoms. The summed E-state index contributed by atoms with van der Waals surface area (Å²) in [6, 6.07) is 0. The third-order valence-corrected chi connectivity index (χ3v) is 9.32. The summed E-state index contributed by atoms with van der Waals surface area (Å²) in [6.45, 7) is 3.82. The number of phosphoric acid groups is 1. The third kappa shape index (κ3) is 42.6. The number of aliphatic hydroxyl groups excluding tert-OH is 1. The summed E-state index contributed by atoms with van der Waals surface area (Å²) >= 11 is 0. The van der Waals surface area contributed by atoms with Gasteiger partial charge in [-0.15, -0.1) is 0 Å². The predicted molar refractivity (Wildman–Crippen MR) is 241 cm³/mol. The minimum absolute atomic E-state index is 0.0667. The Labute approximate surface area is 358 Å². The number of nitrogens with zero attached hydrogens (tertiary/aromatic N) is 1. The lowest BCUT2D eigenvalue weighted by atomic mass is 10.1. The number of carbonyl (C=O) groups is 2. The molecule has 0 heterocycles. The van der Waals surface area contributed by atoms with Gasteiger partial charge in [0.1, 0.15) is 19.8 Å². The van der Waals surface area contributed by atoms with E-state index < -0.39 is 38.6 Å². The SMILES string of the molecule is CC/C=C\C/C=C\C/C=C\C/C=C\C/C=C\CCCC(=O)O[C@H](COC(=O)CCC/C=C\C/C=C\C=C\[C@H](O)C/C=C\CCCCC)COP(=O)([O-])OCC[N+](C)(C)C. The molecule has 1 N–H and O–H groups in total. The monoisotopic (exact) mass is 844 g/mol. The normalized spacial score (nSPS) is 15.2. The van der Waals surface area contributed by atoms with E-state index in [2.05, 4.69) is 68.5 Å². The van der Waals surface area contributed by atoms with Crippen LogP contribution in [0.5, 0.6) is 0 Å². The van der Waals surface area contributed by atoms with E-state index >= 15 is 0 Å². The van der Waals surface area contributed by atoms with Crippen LogP contribution in [0.1, 0.15) is 123 Å². The number of likely N-dealkylation sites (N-methyl/N-ethyl adjacent to an activating group) is 1. The fourth-order valence-electron chi connectivity index (χ4n) is 4.94. The molecular formula is C48H78NO9P. The van der Waals surface area contributed by atoms with Gasteiger partial charge in [-0.2, -0.15) is 0 Å². The van der Waals surface area contributed by atoms with Crippen molar-refractivity contribution in [3.63, 3.8) is 0 Å². The van der Waals surface area contributed by atoms with Gasteiger partial charge < -0.3 is 33.0 Å². The number of unbranched alkanes of at least 4 members (excludes halogenated alkanes) is 5. The first-order valence-electron chi connectivity index (χ1n) is 21.7. The van der Waals surface area contributed by atoms with Crippen LogP contribution in [0, 0.1) is 0 Å². The van der Waals surface area contributed by atoms with E-state index in [1.807, 2.05) is 69.8 Å².